The SMILES string of the molecule is CC(=O)CC(CCCCN)C(=O)NCCOP(=O)(O)OP(=O)(O)OP(=O)(O)OC[C@H]1O[C@@H](C2CCCCC2)CC1O.CC(C)(C)OC(=O)NCCCCC(N)C(=O)NCCOP(=O)(O)OP(=O)(O)OP(=O)(O)OC[C@H]1O[C@@H](C2CCCCC2)CC1O. The predicted molar refractivity (Wildman–Crippen MR) is 303 cm³/mol. The van der Waals surface area contributed by atoms with Crippen molar-refractivity contribution in [2.45, 2.75) is 198 Å². The molecule has 2 heterocycles. The molecule has 3 amide bonds. The molecule has 34 nitrogen and oxygen atoms in total. The van der Waals surface area contributed by atoms with Gasteiger partial charge in [-0.05, 0) is 104 Å². The lowest BCUT2D eigenvalue weighted by Crippen LogP contribution is -2.41. The van der Waals surface area contributed by atoms with Gasteiger partial charge in [-0.2, -0.15) is 17.2 Å². The Morgan fingerprint density at radius 2 is 0.965 bits per heavy atom. The minimum absolute atomic E-state index is 0.000118. The topological polar surface area (TPSA) is 522 Å². The number of phosphoric ester groups is 4. The molecule has 0 aromatic carbocycles. The Balaban J connectivity index is 0.000000452. The summed E-state index contributed by atoms with van der Waals surface area (Å²) in [5.74, 6) is -1.43. The number of carbonyl (C=O) groups is 4. The predicted octanol–water partition coefficient (Wildman–Crippen LogP) is 4.88. The van der Waals surface area contributed by atoms with Crippen LogP contribution in [0.4, 0.5) is 4.79 Å². The molecule has 10 unspecified atom stereocenters. The average molecular weight is 1360 g/mol. The molecule has 2 aliphatic carbocycles. The van der Waals surface area contributed by atoms with E-state index in [0.29, 0.717) is 58.0 Å². The summed E-state index contributed by atoms with van der Waals surface area (Å²) < 4.78 is 124. The average Bonchev–Trinajstić information content (AvgIpc) is 2.48. The summed E-state index contributed by atoms with van der Waals surface area (Å²) >= 11 is 0. The van der Waals surface area contributed by atoms with Crippen LogP contribution in [0.2, 0.25) is 0 Å². The fourth-order valence-corrected chi connectivity index (χ4v) is 16.7. The number of unbranched alkanes of at least 4 members (excludes halogenated alkanes) is 2. The number of aliphatic hydroxyl groups is 2. The van der Waals surface area contributed by atoms with Crippen LogP contribution in [0.15, 0.2) is 0 Å². The van der Waals surface area contributed by atoms with Gasteiger partial charge in [0.1, 0.15) is 23.6 Å². The number of ether oxygens (including phenoxy) is 3. The van der Waals surface area contributed by atoms with Gasteiger partial charge in [0.15, 0.2) is 0 Å². The van der Waals surface area contributed by atoms with Crippen molar-refractivity contribution in [3.8, 4) is 0 Å². The number of Topliss-reactive ketones (excluding diaryl/α,β-unsaturated/α-hetero) is 1. The molecule has 0 aromatic rings. The number of aliphatic hydroxyl groups excluding tert-OH is 2. The Morgan fingerprint density at radius 1 is 0.558 bits per heavy atom. The number of hydrogen-bond donors (Lipinski definition) is 13. The lowest BCUT2D eigenvalue weighted by atomic mass is 9.84. The molecule has 4 fully saturated rings. The summed E-state index contributed by atoms with van der Waals surface area (Å²) in [4.78, 5) is 106. The third-order valence-corrected chi connectivity index (χ3v) is 22.2. The normalized spacial score (nSPS) is 26.3. The Kier molecular flexibility index (Phi) is 34.1. The van der Waals surface area contributed by atoms with Crippen LogP contribution in [-0.4, -0.2) is 164 Å². The molecule has 4 aliphatic rings. The number of carbonyl (C=O) groups excluding carboxylic acids is 4. The molecule has 86 heavy (non-hydrogen) atoms. The van der Waals surface area contributed by atoms with Gasteiger partial charge in [0.25, 0.3) is 0 Å². The molecule has 40 heteroatoms. The molecule has 2 aliphatic heterocycles. The first-order chi connectivity index (χ1) is 39.9. The molecule has 15 N–H and O–H groups in total. The summed E-state index contributed by atoms with van der Waals surface area (Å²) in [5, 5.41) is 27.9. The van der Waals surface area contributed by atoms with Gasteiger partial charge in [0.05, 0.1) is 56.9 Å². The molecule has 504 valence electrons. The smallest absolute Gasteiger partial charge is 0.444 e. The van der Waals surface area contributed by atoms with E-state index in [1.807, 2.05) is 0 Å². The molecule has 2 saturated carbocycles. The number of ketones is 1. The number of phosphoric acid groups is 6. The van der Waals surface area contributed by atoms with Crippen molar-refractivity contribution in [1.82, 2.24) is 16.0 Å². The minimum Gasteiger partial charge on any atom is -0.444 e. The molecular weight excluding hydrogens is 1270 g/mol. The van der Waals surface area contributed by atoms with E-state index in [1.54, 1.807) is 20.8 Å². The third kappa shape index (κ3) is 33.2. The highest BCUT2D eigenvalue weighted by atomic mass is 31.3. The summed E-state index contributed by atoms with van der Waals surface area (Å²) in [6.07, 6.45) is 8.85. The van der Waals surface area contributed by atoms with E-state index in [0.717, 1.165) is 64.2 Å². The van der Waals surface area contributed by atoms with Crippen LogP contribution in [0.5, 0.6) is 0 Å². The second-order valence-corrected chi connectivity index (χ2v) is 31.5. The van der Waals surface area contributed by atoms with Gasteiger partial charge in [-0.15, -0.1) is 0 Å². The Hall–Kier alpha value is -1.54. The second-order valence-electron chi connectivity index (χ2n) is 22.2. The van der Waals surface area contributed by atoms with Crippen molar-refractivity contribution in [3.05, 3.63) is 0 Å². The molecule has 2 saturated heterocycles. The monoisotopic (exact) mass is 1360 g/mol. The number of hydrogen-bond acceptors (Lipinski definition) is 25. The van der Waals surface area contributed by atoms with Gasteiger partial charge in [-0.3, -0.25) is 27.7 Å². The van der Waals surface area contributed by atoms with E-state index >= 15 is 0 Å². The van der Waals surface area contributed by atoms with Crippen LogP contribution in [0.25, 0.3) is 0 Å². The van der Waals surface area contributed by atoms with Crippen molar-refractivity contribution >= 4 is 70.6 Å². The third-order valence-electron chi connectivity index (χ3n) is 13.7. The number of nitrogens with one attached hydrogen (secondary N) is 3. The van der Waals surface area contributed by atoms with E-state index in [1.165, 1.54) is 6.92 Å². The van der Waals surface area contributed by atoms with Gasteiger partial charge in [-0.25, -0.2) is 32.2 Å². The van der Waals surface area contributed by atoms with Crippen LogP contribution in [0, 0.1) is 17.8 Å². The fourth-order valence-electron chi connectivity index (χ4n) is 9.70. The van der Waals surface area contributed by atoms with Gasteiger partial charge in [0, 0.05) is 44.8 Å². The van der Waals surface area contributed by atoms with Gasteiger partial charge in [0.2, 0.25) is 11.8 Å². The van der Waals surface area contributed by atoms with E-state index in [-0.39, 0.29) is 55.8 Å². The Labute approximate surface area is 500 Å². The summed E-state index contributed by atoms with van der Waals surface area (Å²) in [6, 6.07) is -0.928. The van der Waals surface area contributed by atoms with Crippen molar-refractivity contribution < 1.29 is 136 Å². The molecule has 14 atom stereocenters. The van der Waals surface area contributed by atoms with Crippen molar-refractivity contribution in [2.24, 2.45) is 29.2 Å². The van der Waals surface area contributed by atoms with Crippen LogP contribution in [-0.2, 0) is 91.3 Å². The maximum Gasteiger partial charge on any atom is 0.490 e. The Bertz CT molecular complexity index is 2420. The van der Waals surface area contributed by atoms with E-state index in [9.17, 15) is 86.1 Å². The molecule has 0 aromatic heterocycles. The maximum absolute atomic E-state index is 12.3. The van der Waals surface area contributed by atoms with E-state index < -0.39 is 133 Å². The van der Waals surface area contributed by atoms with Crippen molar-refractivity contribution in [3.63, 3.8) is 0 Å². The maximum atomic E-state index is 12.3. The van der Waals surface area contributed by atoms with Crippen molar-refractivity contribution in [2.75, 3.05) is 52.6 Å². The highest BCUT2D eigenvalue weighted by Gasteiger charge is 2.47. The number of nitrogens with two attached hydrogens (primary N) is 2. The lowest BCUT2D eigenvalue weighted by Gasteiger charge is -2.27. The summed E-state index contributed by atoms with van der Waals surface area (Å²) in [5.41, 5.74) is 10.6. The highest BCUT2D eigenvalue weighted by Crippen LogP contribution is 2.69. The number of rotatable bonds is 37. The first-order valence-corrected chi connectivity index (χ1v) is 37.4. The first kappa shape index (κ1) is 78.7. The van der Waals surface area contributed by atoms with Crippen LogP contribution in [0.1, 0.15) is 150 Å². The number of alkyl carbamates (subject to hydrolysis) is 1. The van der Waals surface area contributed by atoms with Gasteiger partial charge in [-0.1, -0.05) is 44.9 Å². The quantitative estimate of drug-likeness (QED) is 0.0291. The van der Waals surface area contributed by atoms with Crippen LogP contribution < -0.4 is 27.4 Å². The largest absolute Gasteiger partial charge is 0.490 e. The van der Waals surface area contributed by atoms with E-state index in [2.05, 4.69) is 51.3 Å². The molecule has 0 spiro atoms. The van der Waals surface area contributed by atoms with Crippen molar-refractivity contribution in [1.29, 1.82) is 0 Å². The number of amides is 3. The molecule has 0 bridgehead atoms. The van der Waals surface area contributed by atoms with Crippen LogP contribution >= 0.6 is 46.9 Å². The zero-order chi connectivity index (χ0) is 64.6. The highest BCUT2D eigenvalue weighted by molar-refractivity contribution is 7.67. The van der Waals surface area contributed by atoms with Gasteiger partial charge >= 0.3 is 53.0 Å². The Morgan fingerprint density at radius 3 is 1.37 bits per heavy atom. The molecule has 0 radical (unpaired) electrons. The summed E-state index contributed by atoms with van der Waals surface area (Å²) in [7, 11) is -32.6. The van der Waals surface area contributed by atoms with Gasteiger partial charge < -0.3 is 86.0 Å². The standard InChI is InChI=1S/C24H48N3O15P3.C22H43N2O14P3/c1-24(2,3)40-23(30)27-12-8-7-11-18(25)22(29)26-13-14-37-43(31,32)41-45(35,36)42-44(33,34)38-16-21-19(28)15-20(39-21)17-9-5-4-6-10-17;1-16(25)13-18(9-5-6-10-23)22(27)24-11-12-34-39(28,29)37-41(32,33)38-40(30,31)35-15-21-19(26)14-20(36-21)17-7-3-2-4-8-17/h17-21,28H,4-16,25H2,1-3H3,(H,26,29)(H,27,30)(H,31,32)(H,33,34)(H,35,36);17-21,26H,2-15,23H2,1H3,(H,24,27)(H,28,29)(H,30,31)(H,32,33)/t2*18?,19?,20-,21-/m11/s1. The first-order valence-electron chi connectivity index (χ1n) is 28.4. The molecule has 4 rings (SSSR count). The molecular formula is C46H91N5O29P6. The lowest BCUT2D eigenvalue weighted by molar-refractivity contribution is -0.129. The second kappa shape index (κ2) is 37.2. The van der Waals surface area contributed by atoms with Crippen LogP contribution in [0.3, 0.4) is 0 Å². The zero-order valence-corrected chi connectivity index (χ0v) is 54.2. The van der Waals surface area contributed by atoms with E-state index in [4.69, 9.17) is 25.7 Å². The summed E-state index contributed by atoms with van der Waals surface area (Å²) in [6.45, 7) is 4.02. The zero-order valence-electron chi connectivity index (χ0n) is 48.9. The minimum atomic E-state index is -5.69. The fraction of sp³-hybridized carbons (Fsp3) is 0.913.